The molecule has 0 spiro atoms. The minimum absolute atomic E-state index is 0.0602. The summed E-state index contributed by atoms with van der Waals surface area (Å²) >= 11 is 0. The van der Waals surface area contributed by atoms with Gasteiger partial charge in [0.05, 0.1) is 5.69 Å². The van der Waals surface area contributed by atoms with Crippen molar-refractivity contribution in [2.75, 3.05) is 26.9 Å². The molecule has 2 aromatic carbocycles. The monoisotopic (exact) mass is 977 g/mol. The molecule has 2 aromatic rings. The van der Waals surface area contributed by atoms with Crippen LogP contribution in [-0.2, 0) is 70.1 Å². The number of nitrogens with two attached hydrogens (primary N) is 1. The van der Waals surface area contributed by atoms with Gasteiger partial charge in [-0.2, -0.15) is 0 Å². The number of hydrogen-bond acceptors (Lipinski definition) is 14. The second kappa shape index (κ2) is 26.6. The van der Waals surface area contributed by atoms with Crippen molar-refractivity contribution in [2.45, 2.75) is 156 Å². The van der Waals surface area contributed by atoms with Gasteiger partial charge in [0.2, 0.25) is 0 Å². The average molecular weight is 977 g/mol. The highest BCUT2D eigenvalue weighted by Gasteiger charge is 2.42. The van der Waals surface area contributed by atoms with Crippen molar-refractivity contribution in [3.63, 3.8) is 0 Å². The van der Waals surface area contributed by atoms with Gasteiger partial charge in [0.25, 0.3) is 23.6 Å². The predicted octanol–water partition coefficient (Wildman–Crippen LogP) is 5.24. The molecule has 70 heavy (non-hydrogen) atoms. The van der Waals surface area contributed by atoms with E-state index >= 15 is 0 Å². The van der Waals surface area contributed by atoms with Gasteiger partial charge in [-0.05, 0) is 105 Å². The molecule has 386 valence electrons. The van der Waals surface area contributed by atoms with Crippen LogP contribution in [0.3, 0.4) is 0 Å². The minimum atomic E-state index is -1.53. The van der Waals surface area contributed by atoms with Gasteiger partial charge >= 0.3 is 23.9 Å². The quantitative estimate of drug-likeness (QED) is 0.113. The van der Waals surface area contributed by atoms with Crippen molar-refractivity contribution in [1.29, 1.82) is 0 Å². The largest absolute Gasteiger partial charge is 0.451 e. The Bertz CT molecular complexity index is 2140. The lowest BCUT2D eigenvalue weighted by Gasteiger charge is -2.34. The van der Waals surface area contributed by atoms with E-state index in [-0.39, 0.29) is 62.2 Å². The Kier molecular flexibility index (Phi) is 22.0. The molecule has 18 heteroatoms. The van der Waals surface area contributed by atoms with Crippen molar-refractivity contribution >= 4 is 65.6 Å². The van der Waals surface area contributed by atoms with Crippen LogP contribution in [0.15, 0.2) is 53.5 Å². The third-order valence-electron chi connectivity index (χ3n) is 12.0. The van der Waals surface area contributed by atoms with E-state index in [1.807, 2.05) is 55.4 Å². The number of cyclic esters (lactones) is 4. The number of ether oxygens (including phenoxy) is 4. The number of amides is 4. The van der Waals surface area contributed by atoms with Gasteiger partial charge in [0.1, 0.15) is 24.2 Å². The molecular formula is C52H76N6O12. The zero-order chi connectivity index (χ0) is 52.7. The second-order valence-corrected chi connectivity index (χ2v) is 20.0. The van der Waals surface area contributed by atoms with Crippen molar-refractivity contribution in [3.05, 3.63) is 59.7 Å². The highest BCUT2D eigenvalue weighted by molar-refractivity contribution is 5.94. The van der Waals surface area contributed by atoms with Crippen LogP contribution in [0.5, 0.6) is 0 Å². The smallest absolute Gasteiger partial charge is 0.329 e. The fraction of sp³-hybridized carbons (Fsp3) is 0.596. The number of esters is 4. The summed E-state index contributed by atoms with van der Waals surface area (Å²) in [5, 5.41) is 2.64. The molecule has 0 aliphatic carbocycles. The van der Waals surface area contributed by atoms with Crippen LogP contribution in [0.25, 0.3) is 0 Å². The lowest BCUT2D eigenvalue weighted by atomic mass is 10.00. The highest BCUT2D eigenvalue weighted by Crippen LogP contribution is 2.24. The predicted molar refractivity (Wildman–Crippen MR) is 264 cm³/mol. The van der Waals surface area contributed by atoms with Gasteiger partial charge < -0.3 is 44.7 Å². The van der Waals surface area contributed by atoms with Gasteiger partial charge in [-0.1, -0.05) is 79.7 Å². The Hall–Kier alpha value is -6.33. The van der Waals surface area contributed by atoms with Gasteiger partial charge in [-0.15, -0.1) is 0 Å². The fourth-order valence-electron chi connectivity index (χ4n) is 7.98. The van der Waals surface area contributed by atoms with Crippen LogP contribution in [-0.4, -0.2) is 139 Å². The third kappa shape index (κ3) is 17.0. The first-order valence-electron chi connectivity index (χ1n) is 24.1. The summed E-state index contributed by atoms with van der Waals surface area (Å²) in [6.07, 6.45) is -6.00. The maximum atomic E-state index is 14.7. The van der Waals surface area contributed by atoms with Crippen LogP contribution in [0.2, 0.25) is 0 Å². The van der Waals surface area contributed by atoms with E-state index in [1.54, 1.807) is 48.5 Å². The summed E-state index contributed by atoms with van der Waals surface area (Å²) in [5.74, 6) is -7.62. The van der Waals surface area contributed by atoms with E-state index in [2.05, 4.69) is 17.0 Å². The lowest BCUT2D eigenvalue weighted by Crippen LogP contribution is -2.54. The van der Waals surface area contributed by atoms with Crippen LogP contribution in [0.4, 0.5) is 11.4 Å². The maximum absolute atomic E-state index is 14.7. The Morgan fingerprint density at radius 3 is 1.29 bits per heavy atom. The molecule has 1 fully saturated rings. The summed E-state index contributed by atoms with van der Waals surface area (Å²) in [5.41, 5.74) is 8.09. The zero-order valence-electron chi connectivity index (χ0n) is 43.3. The molecule has 0 saturated carbocycles. The van der Waals surface area contributed by atoms with Crippen molar-refractivity contribution in [1.82, 2.24) is 20.0 Å². The van der Waals surface area contributed by atoms with Crippen molar-refractivity contribution in [2.24, 2.45) is 28.7 Å². The summed E-state index contributed by atoms with van der Waals surface area (Å²) in [6, 6.07) is 8.13. The molecule has 0 aromatic heterocycles. The first-order chi connectivity index (χ1) is 32.7. The van der Waals surface area contributed by atoms with Crippen LogP contribution in [0.1, 0.15) is 106 Å². The van der Waals surface area contributed by atoms with E-state index in [0.717, 1.165) is 14.7 Å². The maximum Gasteiger partial charge on any atom is 0.329 e. The number of carbonyl (C=O) groups is 8. The molecule has 0 bridgehead atoms. The molecule has 3 N–H and O–H groups in total. The van der Waals surface area contributed by atoms with Gasteiger partial charge in [-0.25, -0.2) is 19.2 Å². The summed E-state index contributed by atoms with van der Waals surface area (Å²) < 4.78 is 23.6. The molecule has 18 nitrogen and oxygen atoms in total. The van der Waals surface area contributed by atoms with Gasteiger partial charge in [0.15, 0.2) is 24.4 Å². The number of nitrogen functional groups attached to an aromatic ring is 1. The van der Waals surface area contributed by atoms with Crippen LogP contribution >= 0.6 is 0 Å². The van der Waals surface area contributed by atoms with Gasteiger partial charge in [0, 0.05) is 39.7 Å². The Balaban J connectivity index is 2.24. The standard InChI is InChI=1S/C52H76N6O12/c1-29(2)23-39-49(63)69-43(27-35-15-19-37(53)20-16-35)47(61)58(14)41(25-31(5)6)51(65)68-34(10)46(60)56(12)42(26-32(7)8)52(66)70-44(28-36-17-21-38(54-11)22-18-36)48(62)57(13)40(24-30(3)4)50(64)67-33(9)45(59)55-39/h15-22,29-34,39-44H,11,23-28,53H2,1-10,12-14H3,(H,55,59). The number of nitrogens with zero attached hydrogens (tertiary/aromatic N) is 4. The molecular weight excluding hydrogens is 901 g/mol. The van der Waals surface area contributed by atoms with Crippen molar-refractivity contribution < 1.29 is 57.3 Å². The molecule has 8 atom stereocenters. The number of likely N-dealkylation sites (N-methyl/N-ethyl adjacent to an activating group) is 3. The van der Waals surface area contributed by atoms with Crippen LogP contribution < -0.4 is 11.1 Å². The first-order valence-corrected chi connectivity index (χ1v) is 24.1. The van der Waals surface area contributed by atoms with E-state index in [9.17, 15) is 38.4 Å². The molecule has 1 saturated heterocycles. The number of benzene rings is 2. The topological polar surface area (TPSA) is 234 Å². The van der Waals surface area contributed by atoms with Gasteiger partial charge in [-0.3, -0.25) is 24.2 Å². The van der Waals surface area contributed by atoms with E-state index in [0.29, 0.717) is 22.5 Å². The number of aliphatic imine (C=N–C) groups is 1. The summed E-state index contributed by atoms with van der Waals surface area (Å²) in [6.45, 7) is 20.8. The Morgan fingerprint density at radius 1 is 0.529 bits per heavy atom. The summed E-state index contributed by atoms with van der Waals surface area (Å²) in [7, 11) is 4.10. The molecule has 4 amide bonds. The van der Waals surface area contributed by atoms with Crippen molar-refractivity contribution in [3.8, 4) is 0 Å². The number of hydrogen-bond donors (Lipinski definition) is 2. The molecule has 1 heterocycles. The summed E-state index contributed by atoms with van der Waals surface area (Å²) in [4.78, 5) is 122. The minimum Gasteiger partial charge on any atom is -0.451 e. The number of carbonyl (C=O) groups excluding carboxylic acids is 8. The molecule has 3 rings (SSSR count). The Labute approximate surface area is 413 Å². The third-order valence-corrected chi connectivity index (χ3v) is 12.0. The average Bonchev–Trinajstić information content (AvgIpc) is 3.29. The molecule has 1 aliphatic heterocycles. The number of rotatable bonds is 13. The normalized spacial score (nSPS) is 24.6. The Morgan fingerprint density at radius 2 is 0.886 bits per heavy atom. The van der Waals surface area contributed by atoms with E-state index < -0.39 is 96.1 Å². The lowest BCUT2D eigenvalue weighted by molar-refractivity contribution is -0.174. The highest BCUT2D eigenvalue weighted by atomic mass is 16.6. The number of nitrogens with one attached hydrogen (secondary N) is 1. The van der Waals surface area contributed by atoms with E-state index in [1.165, 1.54) is 35.0 Å². The molecule has 8 unspecified atom stereocenters. The van der Waals surface area contributed by atoms with E-state index in [4.69, 9.17) is 24.7 Å². The first kappa shape index (κ1) is 58.0. The fourth-order valence-corrected chi connectivity index (χ4v) is 7.98. The SMILES string of the molecule is C=Nc1ccc(CC2OC(=O)C(CC(C)C)N(C)C(=O)C(C)OC(=O)C(CC(C)C)N(C)C(=O)C(Cc3ccc(N)cc3)OC(=O)C(CC(C)C)NC(=O)C(C)OC(=O)C(CC(C)C)N(C)C2=O)cc1. The molecule has 1 aliphatic rings. The second-order valence-electron chi connectivity index (χ2n) is 20.0. The molecule has 0 radical (unpaired) electrons. The van der Waals surface area contributed by atoms with Crippen LogP contribution in [0, 0.1) is 23.7 Å². The number of anilines is 1. The zero-order valence-corrected chi connectivity index (χ0v) is 43.3.